The van der Waals surface area contributed by atoms with Crippen LogP contribution in [0.2, 0.25) is 0 Å². The van der Waals surface area contributed by atoms with Crippen molar-refractivity contribution in [3.05, 3.63) is 97.5 Å². The minimum atomic E-state index is -1.02. The van der Waals surface area contributed by atoms with Gasteiger partial charge >= 0.3 is 5.97 Å². The molecule has 0 fully saturated rings. The number of nitrogens with one attached hydrogen (secondary N) is 1. The van der Waals surface area contributed by atoms with Crippen LogP contribution >= 0.6 is 15.9 Å². The SMILES string of the molecule is CCOc1cc(/C=C(\C#N)C(=O)Nc2cccc([N+](=O)[O-])c2)c(Br)cc1OCc1ccc(C(=O)O)cc1. The van der Waals surface area contributed by atoms with Crippen molar-refractivity contribution in [1.29, 1.82) is 5.26 Å². The molecule has 188 valence electrons. The van der Waals surface area contributed by atoms with Crippen LogP contribution in [0, 0.1) is 21.4 Å². The number of benzene rings is 3. The molecule has 0 unspecified atom stereocenters. The van der Waals surface area contributed by atoms with Gasteiger partial charge in [0.1, 0.15) is 18.2 Å². The first kappa shape index (κ1) is 26.9. The van der Waals surface area contributed by atoms with Crippen LogP contribution in [-0.4, -0.2) is 28.5 Å². The quantitative estimate of drug-likeness (QED) is 0.140. The van der Waals surface area contributed by atoms with Gasteiger partial charge in [-0.1, -0.05) is 34.1 Å². The normalized spacial score (nSPS) is 10.8. The van der Waals surface area contributed by atoms with E-state index in [1.54, 1.807) is 31.2 Å². The van der Waals surface area contributed by atoms with Gasteiger partial charge in [-0.15, -0.1) is 0 Å². The number of ether oxygens (including phenoxy) is 2. The molecule has 3 aromatic carbocycles. The number of carbonyl (C=O) groups is 2. The summed E-state index contributed by atoms with van der Waals surface area (Å²) in [5.41, 5.74) is 1.12. The summed E-state index contributed by atoms with van der Waals surface area (Å²) < 4.78 is 12.1. The summed E-state index contributed by atoms with van der Waals surface area (Å²) in [7, 11) is 0. The monoisotopic (exact) mass is 565 g/mol. The molecule has 0 atom stereocenters. The molecule has 0 aliphatic carbocycles. The Bertz CT molecular complexity index is 1410. The number of carbonyl (C=O) groups excluding carboxylic acids is 1. The number of hydrogen-bond donors (Lipinski definition) is 2. The van der Waals surface area contributed by atoms with Gasteiger partial charge in [0.2, 0.25) is 0 Å². The minimum absolute atomic E-state index is 0.149. The van der Waals surface area contributed by atoms with E-state index in [0.29, 0.717) is 28.1 Å². The molecule has 2 N–H and O–H groups in total. The van der Waals surface area contributed by atoms with Crippen LogP contribution in [0.25, 0.3) is 6.08 Å². The van der Waals surface area contributed by atoms with Gasteiger partial charge < -0.3 is 19.9 Å². The van der Waals surface area contributed by atoms with Crippen molar-refractivity contribution in [3.8, 4) is 17.6 Å². The Kier molecular flexibility index (Phi) is 8.96. The summed E-state index contributed by atoms with van der Waals surface area (Å²) in [6.45, 7) is 2.27. The van der Waals surface area contributed by atoms with E-state index in [-0.39, 0.29) is 29.1 Å². The number of nitriles is 1. The van der Waals surface area contributed by atoms with Crippen molar-refractivity contribution in [2.75, 3.05) is 11.9 Å². The third-order valence-corrected chi connectivity index (χ3v) is 5.62. The Labute approximate surface area is 220 Å². The van der Waals surface area contributed by atoms with E-state index < -0.39 is 16.8 Å². The predicted molar refractivity (Wildman–Crippen MR) is 138 cm³/mol. The maximum Gasteiger partial charge on any atom is 0.335 e. The second-order valence-corrected chi connectivity index (χ2v) is 8.33. The van der Waals surface area contributed by atoms with Crippen molar-refractivity contribution in [3.63, 3.8) is 0 Å². The van der Waals surface area contributed by atoms with Crippen LogP contribution in [0.3, 0.4) is 0 Å². The van der Waals surface area contributed by atoms with Gasteiger partial charge in [0, 0.05) is 22.3 Å². The minimum Gasteiger partial charge on any atom is -0.490 e. The Morgan fingerprint density at radius 2 is 1.84 bits per heavy atom. The van der Waals surface area contributed by atoms with Crippen LogP contribution in [0.1, 0.15) is 28.4 Å². The molecule has 0 spiro atoms. The van der Waals surface area contributed by atoms with E-state index in [2.05, 4.69) is 21.2 Å². The van der Waals surface area contributed by atoms with Crippen molar-refractivity contribution in [1.82, 2.24) is 0 Å². The average molecular weight is 566 g/mol. The Morgan fingerprint density at radius 1 is 1.14 bits per heavy atom. The second-order valence-electron chi connectivity index (χ2n) is 7.48. The third kappa shape index (κ3) is 7.16. The highest BCUT2D eigenvalue weighted by atomic mass is 79.9. The summed E-state index contributed by atoms with van der Waals surface area (Å²) in [6, 6.07) is 16.7. The fourth-order valence-corrected chi connectivity index (χ4v) is 3.58. The van der Waals surface area contributed by atoms with E-state index >= 15 is 0 Å². The Morgan fingerprint density at radius 3 is 2.46 bits per heavy atom. The van der Waals surface area contributed by atoms with E-state index in [1.165, 1.54) is 42.5 Å². The molecule has 10 nitrogen and oxygen atoms in total. The molecule has 1 amide bonds. The van der Waals surface area contributed by atoms with Gasteiger partial charge in [0.15, 0.2) is 11.5 Å². The van der Waals surface area contributed by atoms with Gasteiger partial charge in [-0.2, -0.15) is 5.26 Å². The first-order valence-corrected chi connectivity index (χ1v) is 11.6. The van der Waals surface area contributed by atoms with Crippen molar-refractivity contribution < 1.29 is 29.1 Å². The molecule has 0 aliphatic heterocycles. The number of amides is 1. The molecule has 0 heterocycles. The summed E-state index contributed by atoms with van der Waals surface area (Å²) in [4.78, 5) is 34.1. The zero-order valence-electron chi connectivity index (χ0n) is 19.4. The summed E-state index contributed by atoms with van der Waals surface area (Å²) in [6.07, 6.45) is 1.35. The fourth-order valence-electron chi connectivity index (χ4n) is 3.15. The Balaban J connectivity index is 1.82. The predicted octanol–water partition coefficient (Wildman–Crippen LogP) is 5.58. The van der Waals surface area contributed by atoms with Crippen LogP contribution in [-0.2, 0) is 11.4 Å². The number of rotatable bonds is 10. The van der Waals surface area contributed by atoms with E-state index in [1.807, 2.05) is 6.07 Å². The molecule has 3 aromatic rings. The summed E-state index contributed by atoms with van der Waals surface area (Å²) >= 11 is 3.42. The third-order valence-electron chi connectivity index (χ3n) is 4.94. The number of carboxylic acid groups (broad SMARTS) is 1. The lowest BCUT2D eigenvalue weighted by Gasteiger charge is -2.14. The topological polar surface area (TPSA) is 152 Å². The van der Waals surface area contributed by atoms with E-state index in [0.717, 1.165) is 5.56 Å². The first-order valence-electron chi connectivity index (χ1n) is 10.8. The highest BCUT2D eigenvalue weighted by Crippen LogP contribution is 2.35. The molecule has 0 aliphatic rings. The molecule has 37 heavy (non-hydrogen) atoms. The van der Waals surface area contributed by atoms with Gasteiger partial charge in [-0.25, -0.2) is 4.79 Å². The number of anilines is 1. The molecule has 0 radical (unpaired) electrons. The lowest BCUT2D eigenvalue weighted by atomic mass is 10.1. The number of aromatic carboxylic acids is 1. The number of hydrogen-bond acceptors (Lipinski definition) is 7. The summed E-state index contributed by atoms with van der Waals surface area (Å²) in [5, 5.41) is 32.0. The number of nitro benzene ring substituents is 1. The second kappa shape index (κ2) is 12.3. The largest absolute Gasteiger partial charge is 0.490 e. The Hall–Kier alpha value is -4.69. The number of non-ortho nitro benzene ring substituents is 1. The summed E-state index contributed by atoms with van der Waals surface area (Å²) in [5.74, 6) is -0.990. The molecule has 3 rings (SSSR count). The van der Waals surface area contributed by atoms with Crippen molar-refractivity contribution in [2.24, 2.45) is 0 Å². The van der Waals surface area contributed by atoms with Crippen LogP contribution < -0.4 is 14.8 Å². The molecular weight excluding hydrogens is 546 g/mol. The lowest BCUT2D eigenvalue weighted by molar-refractivity contribution is -0.384. The highest BCUT2D eigenvalue weighted by molar-refractivity contribution is 9.10. The molecule has 11 heteroatoms. The van der Waals surface area contributed by atoms with E-state index in [4.69, 9.17) is 14.6 Å². The highest BCUT2D eigenvalue weighted by Gasteiger charge is 2.15. The molecule has 0 saturated heterocycles. The van der Waals surface area contributed by atoms with Gasteiger partial charge in [0.25, 0.3) is 11.6 Å². The lowest BCUT2D eigenvalue weighted by Crippen LogP contribution is -2.13. The average Bonchev–Trinajstić information content (AvgIpc) is 2.88. The van der Waals surface area contributed by atoms with Crippen molar-refractivity contribution in [2.45, 2.75) is 13.5 Å². The number of halogens is 1. The number of nitrogens with zero attached hydrogens (tertiary/aromatic N) is 2. The smallest absolute Gasteiger partial charge is 0.335 e. The van der Waals surface area contributed by atoms with Crippen molar-refractivity contribution >= 4 is 45.3 Å². The fraction of sp³-hybridized carbons (Fsp3) is 0.115. The molecular formula is C26H20BrN3O7. The maximum absolute atomic E-state index is 12.7. The molecule has 0 aromatic heterocycles. The molecule has 0 bridgehead atoms. The first-order chi connectivity index (χ1) is 17.7. The van der Waals surface area contributed by atoms with Gasteiger partial charge in [-0.3, -0.25) is 14.9 Å². The van der Waals surface area contributed by atoms with E-state index in [9.17, 15) is 25.0 Å². The van der Waals surface area contributed by atoms with Gasteiger partial charge in [0.05, 0.1) is 17.1 Å². The maximum atomic E-state index is 12.7. The molecule has 0 saturated carbocycles. The zero-order chi connectivity index (χ0) is 26.9. The number of nitro groups is 1. The van der Waals surface area contributed by atoms with Crippen LogP contribution in [0.15, 0.2) is 70.7 Å². The number of carboxylic acids is 1. The zero-order valence-corrected chi connectivity index (χ0v) is 21.0. The van der Waals surface area contributed by atoms with Gasteiger partial charge in [-0.05, 0) is 54.5 Å². The van der Waals surface area contributed by atoms with Crippen LogP contribution in [0.4, 0.5) is 11.4 Å². The van der Waals surface area contributed by atoms with Crippen LogP contribution in [0.5, 0.6) is 11.5 Å². The standard InChI is InChI=1S/C26H20BrN3O7/c1-2-36-23-11-18(10-19(14-28)25(31)29-20-4-3-5-21(12-20)30(34)35)22(27)13-24(23)37-15-16-6-8-17(9-7-16)26(32)33/h3-13H,2,15H2,1H3,(H,29,31)(H,32,33)/b19-10+.